The van der Waals surface area contributed by atoms with Crippen LogP contribution < -0.4 is 5.32 Å². The summed E-state index contributed by atoms with van der Waals surface area (Å²) in [5, 5.41) is 3.35. The van der Waals surface area contributed by atoms with E-state index in [2.05, 4.69) is 21.2 Å². The van der Waals surface area contributed by atoms with Crippen LogP contribution in [-0.4, -0.2) is 26.5 Å². The molecule has 1 heterocycles. The number of nitrogens with one attached hydrogen (secondary N) is 1. The number of rotatable bonds is 8. The summed E-state index contributed by atoms with van der Waals surface area (Å²) in [5.74, 6) is 0.467. The van der Waals surface area contributed by atoms with Gasteiger partial charge in [-0.15, -0.1) is 0 Å². The molecule has 4 nitrogen and oxygen atoms in total. The average molecular weight is 338 g/mol. The number of sulfone groups is 1. The van der Waals surface area contributed by atoms with Crippen molar-refractivity contribution in [2.75, 3.05) is 18.1 Å². The van der Waals surface area contributed by atoms with E-state index in [4.69, 9.17) is 4.42 Å². The van der Waals surface area contributed by atoms with Crippen molar-refractivity contribution in [3.05, 3.63) is 22.6 Å². The second-order valence-electron chi connectivity index (χ2n) is 4.14. The highest BCUT2D eigenvalue weighted by atomic mass is 79.9. The molecule has 1 aromatic heterocycles. The van der Waals surface area contributed by atoms with Gasteiger partial charge in [0, 0.05) is 17.4 Å². The maximum absolute atomic E-state index is 11.4. The number of halogens is 1. The molecule has 0 aliphatic rings. The van der Waals surface area contributed by atoms with Crippen molar-refractivity contribution >= 4 is 25.8 Å². The largest absolute Gasteiger partial charge is 0.457 e. The molecule has 0 aliphatic heterocycles. The van der Waals surface area contributed by atoms with E-state index in [1.807, 2.05) is 13.0 Å². The summed E-state index contributed by atoms with van der Waals surface area (Å²) in [6.45, 7) is 4.55. The summed E-state index contributed by atoms with van der Waals surface area (Å²) in [7, 11) is -2.87. The van der Waals surface area contributed by atoms with Gasteiger partial charge in [0.25, 0.3) is 0 Å². The molecule has 1 N–H and O–H groups in total. The van der Waals surface area contributed by atoms with E-state index in [0.29, 0.717) is 11.1 Å². The van der Waals surface area contributed by atoms with Crippen LogP contribution in [-0.2, 0) is 9.84 Å². The van der Waals surface area contributed by atoms with Crippen molar-refractivity contribution < 1.29 is 12.8 Å². The van der Waals surface area contributed by atoms with Crippen molar-refractivity contribution in [2.45, 2.75) is 32.7 Å². The molecule has 0 aliphatic carbocycles. The molecular weight excluding hydrogens is 318 g/mol. The van der Waals surface area contributed by atoms with E-state index < -0.39 is 9.84 Å². The Balaban J connectivity index is 2.57. The summed E-state index contributed by atoms with van der Waals surface area (Å²) >= 11 is 3.36. The van der Waals surface area contributed by atoms with Gasteiger partial charge in [0.15, 0.2) is 4.67 Å². The zero-order valence-electron chi connectivity index (χ0n) is 10.8. The summed E-state index contributed by atoms with van der Waals surface area (Å²) in [5.41, 5.74) is 1.05. The van der Waals surface area contributed by atoms with Crippen LogP contribution in [0.25, 0.3) is 0 Å². The molecule has 0 spiro atoms. The van der Waals surface area contributed by atoms with E-state index in [1.165, 1.54) is 0 Å². The first kappa shape index (κ1) is 15.7. The second-order valence-corrected chi connectivity index (χ2v) is 7.33. The van der Waals surface area contributed by atoms with Crippen molar-refractivity contribution in [2.24, 2.45) is 0 Å². The van der Waals surface area contributed by atoms with Crippen molar-refractivity contribution in [1.29, 1.82) is 0 Å². The van der Waals surface area contributed by atoms with Crippen LogP contribution in [0.4, 0.5) is 0 Å². The van der Waals surface area contributed by atoms with Crippen LogP contribution >= 0.6 is 15.9 Å². The third kappa shape index (κ3) is 4.74. The Bertz CT molecular complexity index is 456. The first-order valence-corrected chi connectivity index (χ1v) is 8.78. The molecule has 6 heteroatoms. The summed E-state index contributed by atoms with van der Waals surface area (Å²) in [4.78, 5) is 0. The van der Waals surface area contributed by atoms with E-state index in [-0.39, 0.29) is 17.5 Å². The maximum Gasteiger partial charge on any atom is 0.173 e. The first-order chi connectivity index (χ1) is 8.50. The summed E-state index contributed by atoms with van der Waals surface area (Å²) < 4.78 is 28.8. The highest BCUT2D eigenvalue weighted by Crippen LogP contribution is 2.27. The molecule has 104 valence electrons. The molecule has 0 amide bonds. The smallest absolute Gasteiger partial charge is 0.173 e. The summed E-state index contributed by atoms with van der Waals surface area (Å²) in [6, 6.07) is 2.04. The Morgan fingerprint density at radius 2 is 2.17 bits per heavy atom. The minimum Gasteiger partial charge on any atom is -0.457 e. The SMILES string of the molecule is CCNC(CCCS(=O)(=O)CC)c1ccoc1Br. The molecule has 1 unspecified atom stereocenters. The second kappa shape index (κ2) is 7.31. The molecule has 0 aromatic carbocycles. The van der Waals surface area contributed by atoms with Gasteiger partial charge in [-0.05, 0) is 41.4 Å². The minimum atomic E-state index is -2.87. The molecule has 1 rings (SSSR count). The Kier molecular flexibility index (Phi) is 6.38. The van der Waals surface area contributed by atoms with Crippen molar-refractivity contribution in [3.8, 4) is 0 Å². The van der Waals surface area contributed by atoms with Gasteiger partial charge in [-0.2, -0.15) is 0 Å². The third-order valence-electron chi connectivity index (χ3n) is 2.86. The lowest BCUT2D eigenvalue weighted by molar-refractivity contribution is 0.484. The molecular formula is C12H20BrNO3S. The van der Waals surface area contributed by atoms with Gasteiger partial charge < -0.3 is 9.73 Å². The predicted octanol–water partition coefficient (Wildman–Crippen LogP) is 2.91. The van der Waals surface area contributed by atoms with Crippen LogP contribution in [0.3, 0.4) is 0 Å². The van der Waals surface area contributed by atoms with E-state index in [1.54, 1.807) is 13.2 Å². The van der Waals surface area contributed by atoms with Crippen molar-refractivity contribution in [3.63, 3.8) is 0 Å². The quantitative estimate of drug-likeness (QED) is 0.792. The van der Waals surface area contributed by atoms with Gasteiger partial charge in [0.1, 0.15) is 9.84 Å². The lowest BCUT2D eigenvalue weighted by atomic mass is 10.1. The highest BCUT2D eigenvalue weighted by Gasteiger charge is 2.17. The zero-order chi connectivity index (χ0) is 13.6. The summed E-state index contributed by atoms with van der Waals surface area (Å²) in [6.07, 6.45) is 3.07. The number of furan rings is 1. The Morgan fingerprint density at radius 3 is 2.67 bits per heavy atom. The van der Waals surface area contributed by atoms with Gasteiger partial charge in [-0.25, -0.2) is 8.42 Å². The van der Waals surface area contributed by atoms with Gasteiger partial charge in [0.05, 0.1) is 12.0 Å². The normalized spacial score (nSPS) is 13.7. The van der Waals surface area contributed by atoms with Gasteiger partial charge in [-0.1, -0.05) is 13.8 Å². The topological polar surface area (TPSA) is 59.3 Å². The molecule has 0 radical (unpaired) electrons. The molecule has 18 heavy (non-hydrogen) atoms. The first-order valence-electron chi connectivity index (χ1n) is 6.16. The molecule has 1 aromatic rings. The molecule has 0 saturated heterocycles. The fourth-order valence-corrected chi connectivity index (χ4v) is 3.23. The van der Waals surface area contributed by atoms with Gasteiger partial charge >= 0.3 is 0 Å². The van der Waals surface area contributed by atoms with E-state index in [0.717, 1.165) is 18.5 Å². The van der Waals surface area contributed by atoms with E-state index >= 15 is 0 Å². The Hall–Kier alpha value is -0.330. The van der Waals surface area contributed by atoms with Crippen LogP contribution in [0.5, 0.6) is 0 Å². The third-order valence-corrected chi connectivity index (χ3v) is 5.30. The fraction of sp³-hybridized carbons (Fsp3) is 0.667. The minimum absolute atomic E-state index is 0.134. The zero-order valence-corrected chi connectivity index (χ0v) is 13.2. The van der Waals surface area contributed by atoms with Crippen LogP contribution in [0.15, 0.2) is 21.4 Å². The highest BCUT2D eigenvalue weighted by molar-refractivity contribution is 9.10. The standard InChI is InChI=1S/C12H20BrNO3S/c1-3-14-11(10-7-8-17-12(10)13)6-5-9-18(15,16)4-2/h7-8,11,14H,3-6,9H2,1-2H3. The van der Waals surface area contributed by atoms with Crippen molar-refractivity contribution in [1.82, 2.24) is 5.32 Å². The van der Waals surface area contributed by atoms with Crippen LogP contribution in [0, 0.1) is 0 Å². The van der Waals surface area contributed by atoms with Gasteiger partial charge in [0.2, 0.25) is 0 Å². The maximum atomic E-state index is 11.4. The van der Waals surface area contributed by atoms with Gasteiger partial charge in [-0.3, -0.25) is 0 Å². The fourth-order valence-electron chi connectivity index (χ4n) is 1.82. The van der Waals surface area contributed by atoms with Crippen LogP contribution in [0.1, 0.15) is 38.3 Å². The Labute approximate surface area is 117 Å². The molecule has 0 saturated carbocycles. The lowest BCUT2D eigenvalue weighted by Crippen LogP contribution is -2.22. The number of hydrogen-bond donors (Lipinski definition) is 1. The van der Waals surface area contributed by atoms with Crippen LogP contribution in [0.2, 0.25) is 0 Å². The van der Waals surface area contributed by atoms with E-state index in [9.17, 15) is 8.42 Å². The number of hydrogen-bond acceptors (Lipinski definition) is 4. The molecule has 1 atom stereocenters. The average Bonchev–Trinajstić information content (AvgIpc) is 2.74. The molecule has 0 bridgehead atoms. The Morgan fingerprint density at radius 1 is 1.44 bits per heavy atom. The molecule has 0 fully saturated rings. The predicted molar refractivity (Wildman–Crippen MR) is 76.4 cm³/mol. The monoisotopic (exact) mass is 337 g/mol. The lowest BCUT2D eigenvalue weighted by Gasteiger charge is -2.16.